The van der Waals surface area contributed by atoms with Gasteiger partial charge >= 0.3 is 0 Å². The molecule has 21 heavy (non-hydrogen) atoms. The van der Waals surface area contributed by atoms with E-state index >= 15 is 0 Å². The molecule has 3 rings (SSSR count). The summed E-state index contributed by atoms with van der Waals surface area (Å²) in [7, 11) is 0. The van der Waals surface area contributed by atoms with Gasteiger partial charge in [-0.2, -0.15) is 0 Å². The van der Waals surface area contributed by atoms with Crippen LogP contribution >= 0.6 is 0 Å². The number of phenolic OH excluding ortho intramolecular Hbond substituents is 1. The summed E-state index contributed by atoms with van der Waals surface area (Å²) in [6.07, 6.45) is 0.660. The molecule has 1 heterocycles. The fourth-order valence-corrected chi connectivity index (χ4v) is 2.73. The molecule has 0 bridgehead atoms. The second kappa shape index (κ2) is 5.13. The molecular weight excluding hydrogens is 264 g/mol. The van der Waals surface area contributed by atoms with Crippen LogP contribution in [0.2, 0.25) is 0 Å². The average Bonchev–Trinajstić information content (AvgIpc) is 2.88. The molecule has 3 N–H and O–H groups in total. The summed E-state index contributed by atoms with van der Waals surface area (Å²) in [5, 5.41) is 16.1. The van der Waals surface area contributed by atoms with E-state index in [0.717, 1.165) is 22.4 Å². The zero-order chi connectivity index (χ0) is 15.0. The van der Waals surface area contributed by atoms with Crippen LogP contribution in [-0.2, 0) is 11.2 Å². The zero-order valence-corrected chi connectivity index (χ0v) is 12.1. The highest BCUT2D eigenvalue weighted by atomic mass is 16.3. The van der Waals surface area contributed by atoms with E-state index in [-0.39, 0.29) is 17.7 Å². The summed E-state index contributed by atoms with van der Waals surface area (Å²) >= 11 is 0. The van der Waals surface area contributed by atoms with Crippen molar-refractivity contribution in [3.05, 3.63) is 53.1 Å². The van der Waals surface area contributed by atoms with Gasteiger partial charge in [-0.15, -0.1) is 0 Å². The van der Waals surface area contributed by atoms with Gasteiger partial charge in [0.05, 0.1) is 5.69 Å². The molecule has 2 aromatic rings. The summed E-state index contributed by atoms with van der Waals surface area (Å²) < 4.78 is 0. The van der Waals surface area contributed by atoms with Crippen molar-refractivity contribution < 1.29 is 9.90 Å². The third-order valence-electron chi connectivity index (χ3n) is 3.79. The van der Waals surface area contributed by atoms with Crippen molar-refractivity contribution in [2.75, 3.05) is 10.6 Å². The van der Waals surface area contributed by atoms with Crippen LogP contribution in [-0.4, -0.2) is 17.1 Å². The van der Waals surface area contributed by atoms with E-state index in [2.05, 4.69) is 10.6 Å². The number of benzene rings is 2. The molecule has 4 nitrogen and oxygen atoms in total. The predicted molar refractivity (Wildman–Crippen MR) is 83.8 cm³/mol. The number of aromatic hydroxyl groups is 1. The number of hydrogen-bond acceptors (Lipinski definition) is 3. The number of fused-ring (bicyclic) bond motifs is 1. The number of para-hydroxylation sites is 1. The van der Waals surface area contributed by atoms with Crippen molar-refractivity contribution in [3.8, 4) is 5.75 Å². The van der Waals surface area contributed by atoms with Crippen LogP contribution in [0.25, 0.3) is 0 Å². The first-order chi connectivity index (χ1) is 10.0. The number of phenols is 1. The van der Waals surface area contributed by atoms with Gasteiger partial charge in [0.1, 0.15) is 11.8 Å². The molecule has 1 aliphatic rings. The number of amides is 1. The minimum Gasteiger partial charge on any atom is -0.505 e. The van der Waals surface area contributed by atoms with Gasteiger partial charge in [0.15, 0.2) is 0 Å². The van der Waals surface area contributed by atoms with Gasteiger partial charge in [0, 0.05) is 12.1 Å². The Balaban J connectivity index is 1.77. The molecule has 0 aliphatic carbocycles. The largest absolute Gasteiger partial charge is 0.505 e. The molecule has 0 radical (unpaired) electrons. The highest BCUT2D eigenvalue weighted by Gasteiger charge is 2.26. The van der Waals surface area contributed by atoms with Crippen molar-refractivity contribution in [2.45, 2.75) is 26.3 Å². The number of nitrogens with one attached hydrogen (secondary N) is 2. The van der Waals surface area contributed by atoms with Gasteiger partial charge in [-0.05, 0) is 42.7 Å². The number of carbonyl (C=O) groups excluding carboxylic acids is 1. The first-order valence-electron chi connectivity index (χ1n) is 7.00. The Morgan fingerprint density at radius 3 is 2.81 bits per heavy atom. The molecule has 0 saturated heterocycles. The van der Waals surface area contributed by atoms with Gasteiger partial charge in [-0.25, -0.2) is 0 Å². The van der Waals surface area contributed by atoms with Crippen molar-refractivity contribution in [1.29, 1.82) is 0 Å². The van der Waals surface area contributed by atoms with E-state index in [9.17, 15) is 9.90 Å². The molecular formula is C17H18N2O2. The summed E-state index contributed by atoms with van der Waals surface area (Å²) in [5.41, 5.74) is 4.37. The summed E-state index contributed by atoms with van der Waals surface area (Å²) in [4.78, 5) is 12.4. The van der Waals surface area contributed by atoms with Crippen LogP contribution in [0.5, 0.6) is 5.75 Å². The lowest BCUT2D eigenvalue weighted by atomic mass is 10.1. The van der Waals surface area contributed by atoms with Crippen molar-refractivity contribution >= 4 is 17.3 Å². The second-order valence-corrected chi connectivity index (χ2v) is 5.53. The Labute approximate surface area is 123 Å². The molecule has 0 spiro atoms. The Morgan fingerprint density at radius 1 is 1.29 bits per heavy atom. The Morgan fingerprint density at radius 2 is 2.05 bits per heavy atom. The highest BCUT2D eigenvalue weighted by molar-refractivity contribution is 5.99. The average molecular weight is 282 g/mol. The van der Waals surface area contributed by atoms with E-state index < -0.39 is 0 Å². The SMILES string of the molecule is Cc1cc(C)c(O)c(NC(=O)[C@@H]2Cc3ccccc3N2)c1. The maximum Gasteiger partial charge on any atom is 0.247 e. The summed E-state index contributed by atoms with van der Waals surface area (Å²) in [6.45, 7) is 3.76. The minimum atomic E-state index is -0.303. The fraction of sp³-hybridized carbons (Fsp3) is 0.235. The van der Waals surface area contributed by atoms with Gasteiger partial charge in [-0.3, -0.25) is 4.79 Å². The molecule has 1 aliphatic heterocycles. The number of aryl methyl sites for hydroxylation is 2. The predicted octanol–water partition coefficient (Wildman–Crippen LogP) is 2.98. The third-order valence-corrected chi connectivity index (χ3v) is 3.79. The van der Waals surface area contributed by atoms with Gasteiger partial charge in [0.2, 0.25) is 5.91 Å². The first-order valence-corrected chi connectivity index (χ1v) is 7.00. The maximum absolute atomic E-state index is 12.4. The molecule has 1 amide bonds. The van der Waals surface area contributed by atoms with Crippen molar-refractivity contribution in [3.63, 3.8) is 0 Å². The van der Waals surface area contributed by atoms with Crippen LogP contribution in [0.3, 0.4) is 0 Å². The molecule has 0 fully saturated rings. The molecule has 4 heteroatoms. The van der Waals surface area contributed by atoms with Crippen LogP contribution in [0.4, 0.5) is 11.4 Å². The van der Waals surface area contributed by atoms with Crippen molar-refractivity contribution in [2.24, 2.45) is 0 Å². The normalized spacial score (nSPS) is 16.2. The number of anilines is 2. The van der Waals surface area contributed by atoms with Crippen LogP contribution in [0.1, 0.15) is 16.7 Å². The third kappa shape index (κ3) is 2.57. The number of hydrogen-bond donors (Lipinski definition) is 3. The Hall–Kier alpha value is -2.49. The Bertz CT molecular complexity index is 685. The molecule has 1 atom stereocenters. The van der Waals surface area contributed by atoms with E-state index in [0.29, 0.717) is 12.1 Å². The van der Waals surface area contributed by atoms with Gasteiger partial charge < -0.3 is 15.7 Å². The lowest BCUT2D eigenvalue weighted by Gasteiger charge is -2.14. The minimum absolute atomic E-state index is 0.129. The quantitative estimate of drug-likeness (QED) is 0.742. The van der Waals surface area contributed by atoms with E-state index in [4.69, 9.17) is 0 Å². The second-order valence-electron chi connectivity index (χ2n) is 5.53. The molecule has 2 aromatic carbocycles. The smallest absolute Gasteiger partial charge is 0.247 e. The van der Waals surface area contributed by atoms with E-state index in [1.54, 1.807) is 6.07 Å². The lowest BCUT2D eigenvalue weighted by Crippen LogP contribution is -2.32. The number of rotatable bonds is 2. The van der Waals surface area contributed by atoms with Gasteiger partial charge in [-0.1, -0.05) is 24.3 Å². The van der Waals surface area contributed by atoms with E-state index in [1.165, 1.54) is 0 Å². The molecule has 0 saturated carbocycles. The summed E-state index contributed by atoms with van der Waals surface area (Å²) in [5.74, 6) is -0.00374. The maximum atomic E-state index is 12.4. The monoisotopic (exact) mass is 282 g/mol. The lowest BCUT2D eigenvalue weighted by molar-refractivity contribution is -0.116. The fourth-order valence-electron chi connectivity index (χ4n) is 2.73. The molecule has 108 valence electrons. The zero-order valence-electron chi connectivity index (χ0n) is 12.1. The standard InChI is InChI=1S/C17H18N2O2/c1-10-7-11(2)16(20)14(8-10)19-17(21)15-9-12-5-3-4-6-13(12)18-15/h3-8,15,18,20H,9H2,1-2H3,(H,19,21)/t15-/m0/s1. The topological polar surface area (TPSA) is 61.4 Å². The van der Waals surface area contributed by atoms with Crippen LogP contribution in [0.15, 0.2) is 36.4 Å². The van der Waals surface area contributed by atoms with Crippen LogP contribution < -0.4 is 10.6 Å². The van der Waals surface area contributed by atoms with Crippen molar-refractivity contribution in [1.82, 2.24) is 0 Å². The molecule has 0 unspecified atom stereocenters. The van der Waals surface area contributed by atoms with Crippen LogP contribution in [0, 0.1) is 13.8 Å². The molecule has 0 aromatic heterocycles. The van der Waals surface area contributed by atoms with Gasteiger partial charge in [0.25, 0.3) is 0 Å². The first kappa shape index (κ1) is 13.5. The Kier molecular flexibility index (Phi) is 3.29. The summed E-state index contributed by atoms with van der Waals surface area (Å²) in [6, 6.07) is 11.3. The van der Waals surface area contributed by atoms with E-state index in [1.807, 2.05) is 44.2 Å². The number of carbonyl (C=O) groups is 1. The highest BCUT2D eigenvalue weighted by Crippen LogP contribution is 2.30.